The number of alkyl halides is 1. The Hall–Kier alpha value is -2.09. The lowest BCUT2D eigenvalue weighted by molar-refractivity contribution is 0.0600. The molecule has 0 spiro atoms. The highest BCUT2D eigenvalue weighted by molar-refractivity contribution is 7.89. The van der Waals surface area contributed by atoms with Crippen molar-refractivity contribution >= 4 is 33.3 Å². The van der Waals surface area contributed by atoms with Gasteiger partial charge >= 0.3 is 5.97 Å². The van der Waals surface area contributed by atoms with Gasteiger partial charge in [0.2, 0.25) is 10.0 Å². The number of primary sulfonamides is 1. The summed E-state index contributed by atoms with van der Waals surface area (Å²) >= 11 is 5.70. The van der Waals surface area contributed by atoms with Crippen molar-refractivity contribution in [2.45, 2.75) is 11.3 Å². The van der Waals surface area contributed by atoms with Crippen molar-refractivity contribution in [1.29, 1.82) is 0 Å². The molecule has 0 aromatic heterocycles. The van der Waals surface area contributed by atoms with Gasteiger partial charge in [0.15, 0.2) is 0 Å². The van der Waals surface area contributed by atoms with Crippen molar-refractivity contribution in [3.8, 4) is 11.1 Å². The van der Waals surface area contributed by atoms with Gasteiger partial charge in [-0.25, -0.2) is 18.4 Å². The van der Waals surface area contributed by atoms with E-state index in [-0.39, 0.29) is 10.5 Å². The summed E-state index contributed by atoms with van der Waals surface area (Å²) in [6.45, 7) is 0.512. The average Bonchev–Trinajstić information content (AvgIpc) is 2.60. The highest BCUT2D eigenvalue weighted by atomic mass is 35.5. The van der Waals surface area contributed by atoms with Crippen LogP contribution in [-0.2, 0) is 14.8 Å². The smallest absolute Gasteiger partial charge is 0.337 e. The molecule has 0 saturated carbocycles. The van der Waals surface area contributed by atoms with Crippen LogP contribution in [0, 0.1) is 0 Å². The first-order chi connectivity index (χ1) is 11.9. The number of benzene rings is 2. The number of esters is 1. The third-order valence-electron chi connectivity index (χ3n) is 3.52. The zero-order valence-electron chi connectivity index (χ0n) is 13.7. The highest BCUT2D eigenvalue weighted by Crippen LogP contribution is 2.35. The van der Waals surface area contributed by atoms with Gasteiger partial charge in [-0.15, -0.1) is 11.6 Å². The molecule has 0 amide bonds. The van der Waals surface area contributed by atoms with Crippen molar-refractivity contribution in [3.05, 3.63) is 48.0 Å². The van der Waals surface area contributed by atoms with E-state index in [1.54, 1.807) is 30.3 Å². The Morgan fingerprint density at radius 2 is 1.92 bits per heavy atom. The molecule has 0 aliphatic rings. The van der Waals surface area contributed by atoms with Crippen LogP contribution in [0.5, 0.6) is 0 Å². The van der Waals surface area contributed by atoms with Crippen LogP contribution >= 0.6 is 11.6 Å². The number of halogens is 1. The number of sulfonamides is 1. The molecule has 0 bridgehead atoms. The van der Waals surface area contributed by atoms with Crippen LogP contribution in [0.2, 0.25) is 0 Å². The number of hydrogen-bond acceptors (Lipinski definition) is 5. The predicted octanol–water partition coefficient (Wildman–Crippen LogP) is 2.83. The maximum atomic E-state index is 12.1. The Morgan fingerprint density at radius 3 is 2.48 bits per heavy atom. The van der Waals surface area contributed by atoms with Crippen LogP contribution in [0.15, 0.2) is 47.4 Å². The molecule has 134 valence electrons. The van der Waals surface area contributed by atoms with Crippen molar-refractivity contribution in [2.24, 2.45) is 5.14 Å². The summed E-state index contributed by atoms with van der Waals surface area (Å²) in [4.78, 5) is 11.8. The first-order valence-corrected chi connectivity index (χ1v) is 9.61. The van der Waals surface area contributed by atoms with Crippen LogP contribution in [-0.4, -0.2) is 33.9 Å². The Kier molecular flexibility index (Phi) is 6.41. The van der Waals surface area contributed by atoms with Gasteiger partial charge in [-0.1, -0.05) is 30.3 Å². The fraction of sp³-hybridized carbons (Fsp3) is 0.235. The summed E-state index contributed by atoms with van der Waals surface area (Å²) in [5.41, 5.74) is 1.64. The predicted molar refractivity (Wildman–Crippen MR) is 98.4 cm³/mol. The Bertz CT molecular complexity index is 854. The third-order valence-corrected chi connectivity index (χ3v) is 4.72. The van der Waals surface area contributed by atoms with Gasteiger partial charge in [0.1, 0.15) is 0 Å². The standard InChI is InChI=1S/C17H19ClN2O4S/c1-24-17(21)13-10-14(20-9-5-8-18)16(12-6-3-2-4-7-12)15(11-13)25(19,22)23/h2-4,6-7,10-11,20H,5,8-9H2,1H3,(H2,19,22,23). The normalized spacial score (nSPS) is 11.2. The van der Waals surface area contributed by atoms with Gasteiger partial charge in [0.05, 0.1) is 17.6 Å². The molecule has 0 aliphatic carbocycles. The SMILES string of the molecule is COC(=O)c1cc(NCCCCl)c(-c2ccccc2)c(S(N)(=O)=O)c1. The number of rotatable bonds is 7. The quantitative estimate of drug-likeness (QED) is 0.436. The summed E-state index contributed by atoms with van der Waals surface area (Å²) in [6.07, 6.45) is 0.670. The molecule has 0 fully saturated rings. The number of ether oxygens (including phenoxy) is 1. The topological polar surface area (TPSA) is 98.5 Å². The van der Waals surface area contributed by atoms with Gasteiger partial charge in [0.25, 0.3) is 0 Å². The van der Waals surface area contributed by atoms with Gasteiger partial charge in [-0.05, 0) is 24.1 Å². The number of carbonyl (C=O) groups excluding carboxylic acids is 1. The van der Waals surface area contributed by atoms with E-state index in [2.05, 4.69) is 5.32 Å². The number of anilines is 1. The second-order valence-electron chi connectivity index (χ2n) is 5.27. The average molecular weight is 383 g/mol. The lowest BCUT2D eigenvalue weighted by Crippen LogP contribution is -2.17. The molecule has 3 N–H and O–H groups in total. The maximum Gasteiger partial charge on any atom is 0.337 e. The number of carbonyl (C=O) groups is 1. The zero-order valence-corrected chi connectivity index (χ0v) is 15.2. The van der Waals surface area contributed by atoms with Crippen molar-refractivity contribution in [2.75, 3.05) is 24.9 Å². The first kappa shape index (κ1) is 19.2. The van der Waals surface area contributed by atoms with E-state index in [4.69, 9.17) is 21.5 Å². The van der Waals surface area contributed by atoms with Crippen LogP contribution in [0.25, 0.3) is 11.1 Å². The van der Waals surface area contributed by atoms with E-state index < -0.39 is 16.0 Å². The van der Waals surface area contributed by atoms with Crippen LogP contribution in [0.1, 0.15) is 16.8 Å². The van der Waals surface area contributed by atoms with Crippen LogP contribution in [0.4, 0.5) is 5.69 Å². The Morgan fingerprint density at radius 1 is 1.24 bits per heavy atom. The van der Waals surface area contributed by atoms with Crippen molar-refractivity contribution in [3.63, 3.8) is 0 Å². The molecule has 0 aliphatic heterocycles. The molecular weight excluding hydrogens is 364 g/mol. The van der Waals surface area contributed by atoms with E-state index in [9.17, 15) is 13.2 Å². The van der Waals surface area contributed by atoms with Crippen molar-refractivity contribution in [1.82, 2.24) is 0 Å². The summed E-state index contributed by atoms with van der Waals surface area (Å²) in [5.74, 6) is -0.197. The summed E-state index contributed by atoms with van der Waals surface area (Å²) in [6, 6.07) is 11.7. The summed E-state index contributed by atoms with van der Waals surface area (Å²) in [5, 5.41) is 8.53. The van der Waals surface area contributed by atoms with Crippen molar-refractivity contribution < 1.29 is 17.9 Å². The highest BCUT2D eigenvalue weighted by Gasteiger charge is 2.22. The number of nitrogens with two attached hydrogens (primary N) is 1. The molecule has 2 aromatic carbocycles. The molecule has 0 saturated heterocycles. The van der Waals surface area contributed by atoms with E-state index in [1.807, 2.05) is 6.07 Å². The molecule has 0 unspecified atom stereocenters. The van der Waals surface area contributed by atoms with E-state index in [0.717, 1.165) is 0 Å². The molecule has 0 radical (unpaired) electrons. The zero-order chi connectivity index (χ0) is 18.4. The fourth-order valence-electron chi connectivity index (χ4n) is 2.41. The Labute approximate surface area is 152 Å². The van der Waals surface area contributed by atoms with Gasteiger partial charge < -0.3 is 10.1 Å². The first-order valence-electron chi connectivity index (χ1n) is 7.53. The third kappa shape index (κ3) is 4.72. The Balaban J connectivity index is 2.73. The number of methoxy groups -OCH3 is 1. The molecule has 0 atom stereocenters. The van der Waals surface area contributed by atoms with E-state index >= 15 is 0 Å². The molecule has 0 heterocycles. The summed E-state index contributed by atoms with van der Waals surface area (Å²) in [7, 11) is -2.85. The fourth-order valence-corrected chi connectivity index (χ4v) is 3.34. The minimum Gasteiger partial charge on any atom is -0.465 e. The second kappa shape index (κ2) is 8.33. The second-order valence-corrected chi connectivity index (χ2v) is 7.18. The lowest BCUT2D eigenvalue weighted by Gasteiger charge is -2.17. The minimum absolute atomic E-state index is 0.0968. The molecule has 8 heteroatoms. The lowest BCUT2D eigenvalue weighted by atomic mass is 10.0. The van der Waals surface area contributed by atoms with Gasteiger partial charge in [-0.3, -0.25) is 0 Å². The monoisotopic (exact) mass is 382 g/mol. The van der Waals surface area contributed by atoms with Crippen LogP contribution < -0.4 is 10.5 Å². The molecule has 25 heavy (non-hydrogen) atoms. The number of nitrogens with one attached hydrogen (secondary N) is 1. The maximum absolute atomic E-state index is 12.1. The van der Waals surface area contributed by atoms with E-state index in [1.165, 1.54) is 13.2 Å². The molecule has 2 rings (SSSR count). The summed E-state index contributed by atoms with van der Waals surface area (Å²) < 4.78 is 29.0. The number of hydrogen-bond donors (Lipinski definition) is 2. The minimum atomic E-state index is -4.07. The largest absolute Gasteiger partial charge is 0.465 e. The van der Waals surface area contributed by atoms with Crippen LogP contribution in [0.3, 0.4) is 0 Å². The van der Waals surface area contributed by atoms with E-state index in [0.29, 0.717) is 35.7 Å². The molecule has 2 aromatic rings. The molecular formula is C17H19ClN2O4S. The molecule has 6 nitrogen and oxygen atoms in total. The van der Waals surface area contributed by atoms with Gasteiger partial charge in [-0.2, -0.15) is 0 Å². The van der Waals surface area contributed by atoms with Gasteiger partial charge in [0, 0.05) is 23.7 Å².